The minimum atomic E-state index is -0.470. The molecule has 0 N–H and O–H groups in total. The number of hydrogen-bond acceptors (Lipinski definition) is 12. The first-order valence-corrected chi connectivity index (χ1v) is 40.6. The van der Waals surface area contributed by atoms with E-state index in [0.717, 1.165) is 95.1 Å². The van der Waals surface area contributed by atoms with Gasteiger partial charge in [-0.15, -0.1) is 0 Å². The zero-order valence-electron chi connectivity index (χ0n) is 66.2. The van der Waals surface area contributed by atoms with Crippen LogP contribution in [-0.2, 0) is 6.42 Å². The van der Waals surface area contributed by atoms with Crippen LogP contribution in [0, 0.1) is 11.9 Å². The highest BCUT2D eigenvalue weighted by Crippen LogP contribution is 2.43. The summed E-state index contributed by atoms with van der Waals surface area (Å²) in [6, 6.07) is 132. The molecular formula is C109H71FN13+. The van der Waals surface area contributed by atoms with Gasteiger partial charge in [0.1, 0.15) is 23.5 Å². The van der Waals surface area contributed by atoms with Crippen molar-refractivity contribution in [2.45, 2.75) is 6.42 Å². The van der Waals surface area contributed by atoms with Gasteiger partial charge in [-0.25, -0.2) is 64.2 Å². The molecule has 0 bridgehead atoms. The summed E-state index contributed by atoms with van der Waals surface area (Å²) in [6.07, 6.45) is 11.4. The van der Waals surface area contributed by atoms with Gasteiger partial charge in [0, 0.05) is 72.5 Å². The molecule has 13 nitrogen and oxygen atoms in total. The number of hydrogen-bond donors (Lipinski definition) is 0. The van der Waals surface area contributed by atoms with Crippen LogP contribution in [0.1, 0.15) is 17.0 Å². The number of allylic oxidation sites excluding steroid dienone is 6. The van der Waals surface area contributed by atoms with Crippen LogP contribution in [0.15, 0.2) is 419 Å². The smallest absolute Gasteiger partial charge is 0.190 e. The van der Waals surface area contributed by atoms with Crippen LogP contribution in [-0.4, -0.2) is 64.4 Å². The predicted octanol–water partition coefficient (Wildman–Crippen LogP) is 25.6. The van der Waals surface area contributed by atoms with Crippen LogP contribution in [0.2, 0.25) is 0 Å². The SMILES string of the molecule is Fc1ccc(-c2nc(-c3ccccc3)nc(-c3ccccc3)n2)cc1-c1nc(C2=CC=[C+]C=C2)nc(-c2ccccc2)n1.c1ccc(-c2ccc3c(c2)-c2ccccc2C3)cc1.c1ccc(-c2ccc3c(c2)c2ccccc2n3-c2ccc(-c3nc(-c4ccccc4)nc(-c4ccccc4)n3)cc2-c2nc(-c3ccccc3)nc(-c3ccccc3)n2)cc1. The van der Waals surface area contributed by atoms with Crippen molar-refractivity contribution in [3.63, 3.8) is 0 Å². The van der Waals surface area contributed by atoms with Gasteiger partial charge in [0.05, 0.1) is 34.4 Å². The summed E-state index contributed by atoms with van der Waals surface area (Å²) >= 11 is 0. The van der Waals surface area contributed by atoms with Crippen LogP contribution in [0.5, 0.6) is 0 Å². The number of fused-ring (bicyclic) bond motifs is 6. The molecule has 2 aliphatic rings. The lowest BCUT2D eigenvalue weighted by Gasteiger charge is -2.16. The van der Waals surface area contributed by atoms with Gasteiger partial charge in [-0.1, -0.05) is 334 Å². The van der Waals surface area contributed by atoms with E-state index in [0.29, 0.717) is 69.6 Å². The second-order valence-corrected chi connectivity index (χ2v) is 29.5. The summed E-state index contributed by atoms with van der Waals surface area (Å²) in [5.41, 5.74) is 22.9. The fourth-order valence-corrected chi connectivity index (χ4v) is 15.5. The second-order valence-electron chi connectivity index (χ2n) is 29.5. The van der Waals surface area contributed by atoms with Gasteiger partial charge in [0.25, 0.3) is 0 Å². The molecule has 0 atom stereocenters. The summed E-state index contributed by atoms with van der Waals surface area (Å²) in [4.78, 5) is 59.2. The first-order chi connectivity index (χ1) is 60.9. The van der Waals surface area contributed by atoms with Gasteiger partial charge < -0.3 is 4.57 Å². The average Bonchev–Trinajstić information content (AvgIpc) is 1.59. The minimum Gasteiger partial charge on any atom is -0.309 e. The molecule has 2 aliphatic carbocycles. The molecule has 5 aromatic heterocycles. The second kappa shape index (κ2) is 34.0. The molecule has 0 unspecified atom stereocenters. The van der Waals surface area contributed by atoms with Crippen molar-refractivity contribution in [3.05, 3.63) is 447 Å². The highest BCUT2D eigenvalue weighted by molar-refractivity contribution is 6.11. The summed E-state index contributed by atoms with van der Waals surface area (Å²) in [5.74, 6) is 5.44. The Bertz CT molecular complexity index is 7190. The number of aromatic nitrogens is 13. The number of benzene rings is 15. The zero-order valence-corrected chi connectivity index (χ0v) is 66.2. The Morgan fingerprint density at radius 2 is 0.553 bits per heavy atom. The van der Waals surface area contributed by atoms with Gasteiger partial charge in [-0.05, 0) is 112 Å². The molecule has 578 valence electrons. The van der Waals surface area contributed by atoms with Crippen molar-refractivity contribution in [1.82, 2.24) is 64.4 Å². The molecule has 0 radical (unpaired) electrons. The minimum absolute atomic E-state index is 0.205. The Hall–Kier alpha value is -16.8. The molecule has 0 saturated carbocycles. The fraction of sp³-hybridized carbons (Fsp3) is 0.00917. The molecule has 22 rings (SSSR count). The van der Waals surface area contributed by atoms with E-state index in [1.54, 1.807) is 24.3 Å². The third-order valence-electron chi connectivity index (χ3n) is 21.6. The standard InChI is InChI=1S/C54H35N7.C36H22FN6.C19H14/c1-6-18-36(19-7-1)41-30-32-47-44(34-41)43-28-16-17-29-46(43)61(47)48-33-31-42(53-57-49(37-20-8-2-9-21-37)55-50(58-53)38-22-10-3-11-23-38)35-45(48)54-59-51(39-24-12-4-13-25-39)56-52(60-54)40-26-14-5-15-27-40;37-30-22-21-28(35-40-31(24-13-5-1-6-14-24)38-32(41-35)25-15-7-2-8-16-25)23-29(30)36-42-33(26-17-9-3-10-18-26)39-34(43-36)27-19-11-4-12-20-27;1-2-6-14(7-3-1)15-10-11-17-12-16-8-4-5-9-18(16)19(17)13-15/h1-35H;1-3,5-23H;1-11,13H,12H2/q;+1;. The summed E-state index contributed by atoms with van der Waals surface area (Å²) in [6.45, 7) is 0. The van der Waals surface area contributed by atoms with Crippen molar-refractivity contribution in [2.75, 3.05) is 0 Å². The van der Waals surface area contributed by atoms with E-state index in [4.69, 9.17) is 59.8 Å². The molecule has 0 aliphatic heterocycles. The van der Waals surface area contributed by atoms with E-state index in [1.165, 1.54) is 45.0 Å². The topological polar surface area (TPSA) is 160 Å². The molecule has 123 heavy (non-hydrogen) atoms. The lowest BCUT2D eigenvalue weighted by Crippen LogP contribution is -2.05. The quantitative estimate of drug-likeness (QED) is 0.0895. The molecule has 15 aromatic carbocycles. The van der Waals surface area contributed by atoms with Crippen molar-refractivity contribution < 1.29 is 4.39 Å². The molecule has 5 heterocycles. The third kappa shape index (κ3) is 15.9. The van der Waals surface area contributed by atoms with Gasteiger partial charge in [-0.3, -0.25) is 0 Å². The fourth-order valence-electron chi connectivity index (χ4n) is 15.5. The van der Waals surface area contributed by atoms with Gasteiger partial charge in [-0.2, -0.15) is 0 Å². The largest absolute Gasteiger partial charge is 0.309 e. The molecule has 0 spiro atoms. The Morgan fingerprint density at radius 1 is 0.228 bits per heavy atom. The molecule has 0 fully saturated rings. The van der Waals surface area contributed by atoms with Gasteiger partial charge in [0.2, 0.25) is 0 Å². The van der Waals surface area contributed by atoms with Crippen LogP contribution in [0.25, 0.3) is 192 Å². The van der Waals surface area contributed by atoms with Crippen LogP contribution in [0.4, 0.5) is 4.39 Å². The molecule has 14 heteroatoms. The summed E-state index contributed by atoms with van der Waals surface area (Å²) < 4.78 is 17.9. The average molecular weight is 1580 g/mol. The van der Waals surface area contributed by atoms with Crippen molar-refractivity contribution >= 4 is 27.4 Å². The van der Waals surface area contributed by atoms with Crippen molar-refractivity contribution in [2.24, 2.45) is 0 Å². The van der Waals surface area contributed by atoms with E-state index < -0.39 is 5.82 Å². The van der Waals surface area contributed by atoms with Gasteiger partial charge in [0.15, 0.2) is 69.9 Å². The highest BCUT2D eigenvalue weighted by Gasteiger charge is 2.26. The number of halogens is 1. The Kier molecular flexibility index (Phi) is 20.7. The third-order valence-corrected chi connectivity index (χ3v) is 21.6. The number of nitrogens with zero attached hydrogens (tertiary/aromatic N) is 13. The van der Waals surface area contributed by atoms with Crippen LogP contribution >= 0.6 is 0 Å². The van der Waals surface area contributed by atoms with E-state index >= 15 is 4.39 Å². The molecule has 0 saturated heterocycles. The molecular weight excluding hydrogens is 1510 g/mol. The van der Waals surface area contributed by atoms with Crippen molar-refractivity contribution in [1.29, 1.82) is 0 Å². The van der Waals surface area contributed by atoms with E-state index in [-0.39, 0.29) is 11.4 Å². The van der Waals surface area contributed by atoms with Crippen LogP contribution in [0.3, 0.4) is 0 Å². The molecule has 0 amide bonds. The van der Waals surface area contributed by atoms with E-state index in [2.05, 4.69) is 174 Å². The Balaban J connectivity index is 0.000000133. The maximum absolute atomic E-state index is 15.6. The van der Waals surface area contributed by atoms with Crippen molar-refractivity contribution in [3.8, 4) is 164 Å². The van der Waals surface area contributed by atoms with E-state index in [9.17, 15) is 0 Å². The highest BCUT2D eigenvalue weighted by atomic mass is 19.1. The lowest BCUT2D eigenvalue weighted by atomic mass is 9.99. The summed E-state index contributed by atoms with van der Waals surface area (Å²) in [5, 5.41) is 2.29. The van der Waals surface area contributed by atoms with Crippen LogP contribution < -0.4 is 0 Å². The zero-order chi connectivity index (χ0) is 82.2. The monoisotopic (exact) mass is 1580 g/mol. The summed E-state index contributed by atoms with van der Waals surface area (Å²) in [7, 11) is 0. The molecule has 20 aromatic rings. The van der Waals surface area contributed by atoms with Gasteiger partial charge >= 0.3 is 0 Å². The number of rotatable bonds is 15. The normalized spacial score (nSPS) is 11.7. The first-order valence-electron chi connectivity index (χ1n) is 40.6. The number of para-hydroxylation sites is 1. The Morgan fingerprint density at radius 3 is 1.01 bits per heavy atom. The maximum atomic E-state index is 15.6. The predicted molar refractivity (Wildman–Crippen MR) is 491 cm³/mol. The van der Waals surface area contributed by atoms with E-state index in [1.807, 2.05) is 224 Å². The Labute approximate surface area is 709 Å². The lowest BCUT2D eigenvalue weighted by molar-refractivity contribution is 0.630. The first kappa shape index (κ1) is 75.0. The maximum Gasteiger partial charge on any atom is 0.190 e.